The Morgan fingerprint density at radius 2 is 1.81 bits per heavy atom. The molecule has 1 aliphatic carbocycles. The van der Waals surface area contributed by atoms with Gasteiger partial charge in [-0.25, -0.2) is 0 Å². The van der Waals surface area contributed by atoms with Gasteiger partial charge in [-0.3, -0.25) is 0 Å². The monoisotopic (exact) mass is 246 g/mol. The Labute approximate surface area is 104 Å². The zero-order valence-corrected chi connectivity index (χ0v) is 11.3. The van der Waals surface area contributed by atoms with Crippen LogP contribution >= 0.6 is 11.8 Å². The number of aliphatic hydroxyl groups excluding tert-OH is 2. The van der Waals surface area contributed by atoms with Crippen LogP contribution in [0.2, 0.25) is 0 Å². The standard InChI is InChI=1S/C13H26O2S/c1-2-16-9-5-8-13(10-14,11-15)12-6-3-4-7-12/h12,14-15H,2-11H2,1H3. The molecule has 1 saturated carbocycles. The molecule has 1 aliphatic rings. The molecule has 0 spiro atoms. The molecular weight excluding hydrogens is 220 g/mol. The number of hydrogen-bond acceptors (Lipinski definition) is 3. The predicted octanol–water partition coefficient (Wildman–Crippen LogP) is 2.68. The molecule has 1 fully saturated rings. The van der Waals surface area contributed by atoms with Crippen LogP contribution in [-0.2, 0) is 0 Å². The maximum absolute atomic E-state index is 9.63. The van der Waals surface area contributed by atoms with Gasteiger partial charge in [0.15, 0.2) is 0 Å². The van der Waals surface area contributed by atoms with E-state index in [4.69, 9.17) is 0 Å². The normalized spacial score (nSPS) is 18.2. The van der Waals surface area contributed by atoms with Gasteiger partial charge in [-0.15, -0.1) is 0 Å². The third-order valence-electron chi connectivity index (χ3n) is 4.02. The van der Waals surface area contributed by atoms with E-state index in [1.807, 2.05) is 11.8 Å². The Hall–Kier alpha value is 0.270. The second kappa shape index (κ2) is 7.57. The minimum absolute atomic E-state index is 0.158. The summed E-state index contributed by atoms with van der Waals surface area (Å²) in [6.45, 7) is 2.49. The van der Waals surface area contributed by atoms with Gasteiger partial charge in [-0.2, -0.15) is 11.8 Å². The number of hydrogen-bond donors (Lipinski definition) is 2. The summed E-state index contributed by atoms with van der Waals surface area (Å²) in [4.78, 5) is 0. The highest BCUT2D eigenvalue weighted by Gasteiger charge is 2.38. The van der Waals surface area contributed by atoms with Crippen LogP contribution in [0.15, 0.2) is 0 Å². The summed E-state index contributed by atoms with van der Waals surface area (Å²) >= 11 is 1.95. The first-order valence-electron chi connectivity index (χ1n) is 6.58. The molecular formula is C13H26O2S. The van der Waals surface area contributed by atoms with Crippen molar-refractivity contribution < 1.29 is 10.2 Å². The van der Waals surface area contributed by atoms with E-state index in [2.05, 4.69) is 6.92 Å². The molecule has 0 aromatic carbocycles. The molecule has 0 aromatic heterocycles. The average molecular weight is 246 g/mol. The molecule has 0 unspecified atom stereocenters. The van der Waals surface area contributed by atoms with Gasteiger partial charge in [0.05, 0.1) is 13.2 Å². The quantitative estimate of drug-likeness (QED) is 0.647. The SMILES string of the molecule is CCSCCCC(CO)(CO)C1CCCC1. The van der Waals surface area contributed by atoms with Crippen molar-refractivity contribution in [3.63, 3.8) is 0 Å². The molecule has 0 aromatic rings. The van der Waals surface area contributed by atoms with Crippen LogP contribution in [0.5, 0.6) is 0 Å². The Morgan fingerprint density at radius 1 is 1.19 bits per heavy atom. The summed E-state index contributed by atoms with van der Waals surface area (Å²) in [7, 11) is 0. The maximum Gasteiger partial charge on any atom is 0.0512 e. The average Bonchev–Trinajstić information content (AvgIpc) is 2.84. The Bertz CT molecular complexity index is 175. The lowest BCUT2D eigenvalue weighted by Gasteiger charge is -2.36. The summed E-state index contributed by atoms with van der Waals surface area (Å²) in [6.07, 6.45) is 7.05. The molecule has 96 valence electrons. The van der Waals surface area contributed by atoms with E-state index in [9.17, 15) is 10.2 Å². The van der Waals surface area contributed by atoms with Crippen molar-refractivity contribution in [3.8, 4) is 0 Å². The highest BCUT2D eigenvalue weighted by Crippen LogP contribution is 2.42. The van der Waals surface area contributed by atoms with Crippen molar-refractivity contribution in [2.75, 3.05) is 24.7 Å². The second-order valence-electron chi connectivity index (χ2n) is 4.96. The first-order chi connectivity index (χ1) is 7.79. The lowest BCUT2D eigenvalue weighted by molar-refractivity contribution is -0.00183. The zero-order chi connectivity index (χ0) is 11.9. The van der Waals surface area contributed by atoms with Gasteiger partial charge in [-0.05, 0) is 43.1 Å². The molecule has 0 bridgehead atoms. The molecule has 0 heterocycles. The summed E-state index contributed by atoms with van der Waals surface area (Å²) in [5.74, 6) is 2.87. The van der Waals surface area contributed by atoms with Crippen LogP contribution in [0.1, 0.15) is 45.4 Å². The minimum Gasteiger partial charge on any atom is -0.396 e. The predicted molar refractivity (Wildman–Crippen MR) is 70.8 cm³/mol. The summed E-state index contributed by atoms with van der Waals surface area (Å²) < 4.78 is 0. The van der Waals surface area contributed by atoms with Gasteiger partial charge in [0.25, 0.3) is 0 Å². The van der Waals surface area contributed by atoms with Crippen LogP contribution in [0.25, 0.3) is 0 Å². The van der Waals surface area contributed by atoms with Gasteiger partial charge in [0.1, 0.15) is 0 Å². The van der Waals surface area contributed by atoms with Gasteiger partial charge in [0.2, 0.25) is 0 Å². The highest BCUT2D eigenvalue weighted by molar-refractivity contribution is 7.99. The Kier molecular flexibility index (Phi) is 6.78. The van der Waals surface area contributed by atoms with Gasteiger partial charge < -0.3 is 10.2 Å². The van der Waals surface area contributed by atoms with Crippen LogP contribution in [0, 0.1) is 11.3 Å². The largest absolute Gasteiger partial charge is 0.396 e. The van der Waals surface area contributed by atoms with E-state index >= 15 is 0 Å². The Balaban J connectivity index is 2.43. The van der Waals surface area contributed by atoms with Crippen LogP contribution < -0.4 is 0 Å². The van der Waals surface area contributed by atoms with Crippen molar-refractivity contribution in [3.05, 3.63) is 0 Å². The number of thioether (sulfide) groups is 1. The van der Waals surface area contributed by atoms with Crippen LogP contribution in [-0.4, -0.2) is 34.9 Å². The molecule has 2 N–H and O–H groups in total. The zero-order valence-electron chi connectivity index (χ0n) is 10.5. The van der Waals surface area contributed by atoms with Gasteiger partial charge in [-0.1, -0.05) is 19.8 Å². The smallest absolute Gasteiger partial charge is 0.0512 e. The molecule has 2 nitrogen and oxygen atoms in total. The van der Waals surface area contributed by atoms with E-state index in [1.54, 1.807) is 0 Å². The van der Waals surface area contributed by atoms with Crippen LogP contribution in [0.3, 0.4) is 0 Å². The summed E-state index contributed by atoms with van der Waals surface area (Å²) in [5.41, 5.74) is -0.190. The minimum atomic E-state index is -0.190. The summed E-state index contributed by atoms with van der Waals surface area (Å²) in [6, 6.07) is 0. The first kappa shape index (κ1) is 14.3. The van der Waals surface area contributed by atoms with Crippen molar-refractivity contribution >= 4 is 11.8 Å². The van der Waals surface area contributed by atoms with E-state index in [-0.39, 0.29) is 18.6 Å². The molecule has 0 radical (unpaired) electrons. The first-order valence-corrected chi connectivity index (χ1v) is 7.74. The number of rotatable bonds is 8. The highest BCUT2D eigenvalue weighted by atomic mass is 32.2. The fraction of sp³-hybridized carbons (Fsp3) is 1.00. The number of aliphatic hydroxyl groups is 2. The van der Waals surface area contributed by atoms with E-state index < -0.39 is 0 Å². The van der Waals surface area contributed by atoms with Crippen molar-refractivity contribution in [1.29, 1.82) is 0 Å². The molecule has 0 aliphatic heterocycles. The molecule has 0 saturated heterocycles. The van der Waals surface area contributed by atoms with Gasteiger partial charge >= 0.3 is 0 Å². The lowest BCUT2D eigenvalue weighted by Crippen LogP contribution is -2.37. The van der Waals surface area contributed by atoms with Crippen molar-refractivity contribution in [1.82, 2.24) is 0 Å². The molecule has 0 atom stereocenters. The van der Waals surface area contributed by atoms with Crippen LogP contribution in [0.4, 0.5) is 0 Å². The van der Waals surface area contributed by atoms with E-state index in [0.717, 1.165) is 24.3 Å². The topological polar surface area (TPSA) is 40.5 Å². The van der Waals surface area contributed by atoms with E-state index in [1.165, 1.54) is 25.7 Å². The molecule has 16 heavy (non-hydrogen) atoms. The molecule has 1 rings (SSSR count). The lowest BCUT2D eigenvalue weighted by atomic mass is 9.72. The maximum atomic E-state index is 9.63. The molecule has 3 heteroatoms. The summed E-state index contributed by atoms with van der Waals surface area (Å²) in [5, 5.41) is 19.3. The molecule has 0 amide bonds. The third-order valence-corrected chi connectivity index (χ3v) is 5.00. The fourth-order valence-corrected chi connectivity index (χ4v) is 3.52. The van der Waals surface area contributed by atoms with Crippen molar-refractivity contribution in [2.45, 2.75) is 45.4 Å². The van der Waals surface area contributed by atoms with Gasteiger partial charge in [0, 0.05) is 5.41 Å². The van der Waals surface area contributed by atoms with E-state index in [0.29, 0.717) is 5.92 Å². The second-order valence-corrected chi connectivity index (χ2v) is 6.35. The third kappa shape index (κ3) is 3.64. The van der Waals surface area contributed by atoms with Crippen molar-refractivity contribution in [2.24, 2.45) is 11.3 Å². The fourth-order valence-electron chi connectivity index (χ4n) is 2.88. The Morgan fingerprint density at radius 3 is 2.31 bits per heavy atom.